The molecule has 3 fully saturated rings. The molecule has 3 rings (SSSR count). The predicted molar refractivity (Wildman–Crippen MR) is 89.7 cm³/mol. The lowest BCUT2D eigenvalue weighted by atomic mass is 9.87. The minimum Gasteiger partial charge on any atom is -0.316 e. The van der Waals surface area contributed by atoms with Crippen molar-refractivity contribution in [2.45, 2.75) is 51.9 Å². The van der Waals surface area contributed by atoms with E-state index in [4.69, 9.17) is 0 Å². The molecular formula is C18H35N3. The Bertz CT molecular complexity index is 304. The Morgan fingerprint density at radius 3 is 2.48 bits per heavy atom. The van der Waals surface area contributed by atoms with Gasteiger partial charge in [0.15, 0.2) is 0 Å². The molecule has 3 aliphatic heterocycles. The topological polar surface area (TPSA) is 18.5 Å². The highest BCUT2D eigenvalue weighted by molar-refractivity contribution is 4.88. The monoisotopic (exact) mass is 293 g/mol. The number of rotatable bonds is 4. The molecule has 3 saturated heterocycles. The molecular weight excluding hydrogens is 258 g/mol. The number of hydrogen-bond acceptors (Lipinski definition) is 3. The first-order chi connectivity index (χ1) is 10.2. The van der Waals surface area contributed by atoms with Gasteiger partial charge in [-0.2, -0.15) is 0 Å². The van der Waals surface area contributed by atoms with E-state index in [2.05, 4.69) is 22.0 Å². The molecule has 2 unspecified atom stereocenters. The van der Waals surface area contributed by atoms with Gasteiger partial charge in [-0.1, -0.05) is 19.8 Å². The first-order valence-electron chi connectivity index (χ1n) is 9.39. The molecule has 0 radical (unpaired) electrons. The quantitative estimate of drug-likeness (QED) is 0.859. The number of likely N-dealkylation sites (tertiary alicyclic amines) is 2. The summed E-state index contributed by atoms with van der Waals surface area (Å²) < 4.78 is 0. The zero-order chi connectivity index (χ0) is 14.5. The van der Waals surface area contributed by atoms with Crippen LogP contribution in [0.4, 0.5) is 0 Å². The van der Waals surface area contributed by atoms with Crippen LogP contribution in [0.25, 0.3) is 0 Å². The lowest BCUT2D eigenvalue weighted by Gasteiger charge is -2.39. The molecule has 3 heteroatoms. The van der Waals surface area contributed by atoms with Crippen molar-refractivity contribution in [1.29, 1.82) is 0 Å². The minimum absolute atomic E-state index is 0.532. The predicted octanol–water partition coefficient (Wildman–Crippen LogP) is 2.57. The van der Waals surface area contributed by atoms with Crippen LogP contribution in [-0.4, -0.2) is 62.2 Å². The molecule has 2 atom stereocenters. The van der Waals surface area contributed by atoms with Gasteiger partial charge in [-0.15, -0.1) is 0 Å². The summed E-state index contributed by atoms with van der Waals surface area (Å²) in [5.41, 5.74) is 0.532. The van der Waals surface area contributed by atoms with Gasteiger partial charge in [0, 0.05) is 26.2 Å². The molecule has 3 heterocycles. The molecule has 3 nitrogen and oxygen atoms in total. The van der Waals surface area contributed by atoms with Crippen LogP contribution in [-0.2, 0) is 0 Å². The van der Waals surface area contributed by atoms with Crippen LogP contribution in [0.15, 0.2) is 0 Å². The van der Waals surface area contributed by atoms with Crippen molar-refractivity contribution in [2.24, 2.45) is 11.3 Å². The molecule has 0 saturated carbocycles. The second-order valence-corrected chi connectivity index (χ2v) is 8.20. The van der Waals surface area contributed by atoms with Gasteiger partial charge in [-0.05, 0) is 69.6 Å². The van der Waals surface area contributed by atoms with Crippen molar-refractivity contribution in [3.05, 3.63) is 0 Å². The van der Waals surface area contributed by atoms with E-state index >= 15 is 0 Å². The fourth-order valence-corrected chi connectivity index (χ4v) is 4.67. The zero-order valence-electron chi connectivity index (χ0n) is 14.1. The Labute approximate surface area is 131 Å². The van der Waals surface area contributed by atoms with Gasteiger partial charge in [0.05, 0.1) is 0 Å². The zero-order valence-corrected chi connectivity index (χ0v) is 14.1. The molecule has 0 bridgehead atoms. The third kappa shape index (κ3) is 4.67. The first-order valence-corrected chi connectivity index (χ1v) is 9.39. The van der Waals surface area contributed by atoms with Gasteiger partial charge >= 0.3 is 0 Å². The number of nitrogens with zero attached hydrogens (tertiary/aromatic N) is 2. The molecule has 0 aromatic heterocycles. The van der Waals surface area contributed by atoms with E-state index in [9.17, 15) is 0 Å². The summed E-state index contributed by atoms with van der Waals surface area (Å²) in [6, 6.07) is 0. The van der Waals surface area contributed by atoms with Crippen molar-refractivity contribution in [3.8, 4) is 0 Å². The minimum atomic E-state index is 0.532. The third-order valence-electron chi connectivity index (χ3n) is 5.88. The number of piperidine rings is 1. The number of hydrogen-bond donors (Lipinski definition) is 1. The van der Waals surface area contributed by atoms with Crippen LogP contribution < -0.4 is 5.32 Å². The van der Waals surface area contributed by atoms with E-state index in [-0.39, 0.29) is 0 Å². The Morgan fingerprint density at radius 1 is 1.00 bits per heavy atom. The normalized spacial score (nSPS) is 36.7. The Kier molecular flexibility index (Phi) is 5.58. The van der Waals surface area contributed by atoms with E-state index in [0.29, 0.717) is 5.41 Å². The molecule has 0 spiro atoms. The molecule has 3 aliphatic rings. The van der Waals surface area contributed by atoms with Gasteiger partial charge in [-0.25, -0.2) is 0 Å². The Hall–Kier alpha value is -0.120. The van der Waals surface area contributed by atoms with Crippen molar-refractivity contribution in [3.63, 3.8) is 0 Å². The van der Waals surface area contributed by atoms with E-state index in [1.807, 2.05) is 0 Å². The van der Waals surface area contributed by atoms with Gasteiger partial charge in [0.2, 0.25) is 0 Å². The summed E-state index contributed by atoms with van der Waals surface area (Å²) in [4.78, 5) is 5.54. The summed E-state index contributed by atoms with van der Waals surface area (Å²) in [6.07, 6.45) is 10.0. The maximum Gasteiger partial charge on any atom is 0.00481 e. The van der Waals surface area contributed by atoms with Gasteiger partial charge in [-0.3, -0.25) is 0 Å². The maximum absolute atomic E-state index is 3.55. The van der Waals surface area contributed by atoms with E-state index in [1.165, 1.54) is 97.3 Å². The SMILES string of the molecule is CC1(CN2CCCC(CN3CCCCCC3)C2)CCNC1. The lowest BCUT2D eigenvalue weighted by Crippen LogP contribution is -2.45. The van der Waals surface area contributed by atoms with Crippen LogP contribution in [0.1, 0.15) is 51.9 Å². The molecule has 0 aromatic carbocycles. The number of nitrogens with one attached hydrogen (secondary N) is 1. The molecule has 0 aromatic rings. The van der Waals surface area contributed by atoms with Gasteiger partial charge < -0.3 is 15.1 Å². The largest absolute Gasteiger partial charge is 0.316 e. The Balaban J connectivity index is 1.46. The van der Waals surface area contributed by atoms with E-state index < -0.39 is 0 Å². The van der Waals surface area contributed by atoms with Crippen LogP contribution in [0.5, 0.6) is 0 Å². The Morgan fingerprint density at radius 2 is 1.76 bits per heavy atom. The van der Waals surface area contributed by atoms with Crippen LogP contribution >= 0.6 is 0 Å². The van der Waals surface area contributed by atoms with Gasteiger partial charge in [0.1, 0.15) is 0 Å². The molecule has 122 valence electrons. The standard InChI is InChI=1S/C18H35N3/c1-18(8-9-19-15-18)16-21-12-6-7-17(14-21)13-20-10-4-2-3-5-11-20/h17,19H,2-16H2,1H3. The lowest BCUT2D eigenvalue weighted by molar-refractivity contribution is 0.0993. The average Bonchev–Trinajstić information content (AvgIpc) is 2.73. The van der Waals surface area contributed by atoms with Crippen molar-refractivity contribution in [2.75, 3.05) is 52.4 Å². The third-order valence-corrected chi connectivity index (χ3v) is 5.88. The van der Waals surface area contributed by atoms with Crippen LogP contribution in [0.2, 0.25) is 0 Å². The van der Waals surface area contributed by atoms with Crippen molar-refractivity contribution in [1.82, 2.24) is 15.1 Å². The van der Waals surface area contributed by atoms with Gasteiger partial charge in [0.25, 0.3) is 0 Å². The van der Waals surface area contributed by atoms with E-state index in [1.54, 1.807) is 0 Å². The highest BCUT2D eigenvalue weighted by Crippen LogP contribution is 2.28. The molecule has 0 aliphatic carbocycles. The second-order valence-electron chi connectivity index (χ2n) is 8.20. The molecule has 21 heavy (non-hydrogen) atoms. The maximum atomic E-state index is 3.55. The average molecular weight is 293 g/mol. The second kappa shape index (κ2) is 7.43. The summed E-state index contributed by atoms with van der Waals surface area (Å²) >= 11 is 0. The summed E-state index contributed by atoms with van der Waals surface area (Å²) in [5, 5.41) is 3.55. The fraction of sp³-hybridized carbons (Fsp3) is 1.00. The molecule has 0 amide bonds. The van der Waals surface area contributed by atoms with Crippen molar-refractivity contribution >= 4 is 0 Å². The highest BCUT2D eigenvalue weighted by Gasteiger charge is 2.32. The fourth-order valence-electron chi connectivity index (χ4n) is 4.67. The van der Waals surface area contributed by atoms with Crippen LogP contribution in [0.3, 0.4) is 0 Å². The molecule has 1 N–H and O–H groups in total. The summed E-state index contributed by atoms with van der Waals surface area (Å²) in [6.45, 7) is 13.0. The summed E-state index contributed by atoms with van der Waals surface area (Å²) in [7, 11) is 0. The van der Waals surface area contributed by atoms with Crippen molar-refractivity contribution < 1.29 is 0 Å². The smallest absolute Gasteiger partial charge is 0.00481 e. The summed E-state index contributed by atoms with van der Waals surface area (Å²) in [5.74, 6) is 0.926. The van der Waals surface area contributed by atoms with E-state index in [0.717, 1.165) is 5.92 Å². The van der Waals surface area contributed by atoms with Crippen LogP contribution in [0, 0.1) is 11.3 Å². The first kappa shape index (κ1) is 15.8. The highest BCUT2D eigenvalue weighted by atomic mass is 15.2.